The molecule has 2 heterocycles. The molecule has 0 atom stereocenters. The van der Waals surface area contributed by atoms with Gasteiger partial charge >= 0.3 is 0 Å². The number of fused-ring (bicyclic) bond motifs is 5. The zero-order valence-corrected chi connectivity index (χ0v) is 17.4. The highest BCUT2D eigenvalue weighted by atomic mass is 79.9. The van der Waals surface area contributed by atoms with Crippen molar-refractivity contribution >= 4 is 65.2 Å². The Morgan fingerprint density at radius 2 is 1.67 bits per heavy atom. The van der Waals surface area contributed by atoms with Gasteiger partial charge in [0.25, 0.3) is 0 Å². The van der Waals surface area contributed by atoms with Crippen molar-refractivity contribution in [2.24, 2.45) is 0 Å². The van der Waals surface area contributed by atoms with Crippen LogP contribution in [0.5, 0.6) is 0 Å². The van der Waals surface area contributed by atoms with E-state index in [9.17, 15) is 0 Å². The lowest BCUT2D eigenvalue weighted by atomic mass is 10.1. The molecule has 0 spiro atoms. The lowest BCUT2D eigenvalue weighted by Crippen LogP contribution is -1.72. The highest BCUT2D eigenvalue weighted by Crippen LogP contribution is 2.40. The van der Waals surface area contributed by atoms with E-state index in [-0.39, 0.29) is 0 Å². The largest absolute Gasteiger partial charge is 0.354 e. The summed E-state index contributed by atoms with van der Waals surface area (Å²) in [5, 5.41) is 3.93. The van der Waals surface area contributed by atoms with Crippen LogP contribution in [0.15, 0.2) is 41.4 Å². The number of H-pyrrole nitrogens is 1. The summed E-state index contributed by atoms with van der Waals surface area (Å²) in [6.45, 7) is 14.1. The molecular formula is C21H24BrNS. The molecule has 0 radical (unpaired) electrons. The minimum atomic E-state index is 1.11. The number of aromatic nitrogens is 1. The summed E-state index contributed by atoms with van der Waals surface area (Å²) in [7, 11) is 0. The molecule has 126 valence electrons. The second-order valence-electron chi connectivity index (χ2n) is 4.98. The first-order valence-corrected chi connectivity index (χ1v) is 10.1. The van der Waals surface area contributed by atoms with Crippen molar-refractivity contribution in [2.75, 3.05) is 0 Å². The van der Waals surface area contributed by atoms with Crippen molar-refractivity contribution in [3.8, 4) is 0 Å². The monoisotopic (exact) mass is 401 g/mol. The first-order chi connectivity index (χ1) is 11.7. The van der Waals surface area contributed by atoms with Crippen LogP contribution in [0.2, 0.25) is 0 Å². The zero-order valence-electron chi connectivity index (χ0n) is 15.0. The number of aryl methyl sites for hydroxylation is 1. The SMILES string of the molecule is C=Cc1sc2c(ccc3[nH]c4ccc(Br)cc4c32)c1C.CC.CC. The van der Waals surface area contributed by atoms with E-state index >= 15 is 0 Å². The molecule has 4 rings (SSSR count). The molecule has 1 N–H and O–H groups in total. The average molecular weight is 402 g/mol. The minimum Gasteiger partial charge on any atom is -0.354 e. The molecule has 3 heteroatoms. The summed E-state index contributed by atoms with van der Waals surface area (Å²) in [5.74, 6) is 0. The van der Waals surface area contributed by atoms with Crippen LogP contribution in [-0.2, 0) is 0 Å². The van der Waals surface area contributed by atoms with Gasteiger partial charge in [-0.05, 0) is 42.1 Å². The Kier molecular flexibility index (Phi) is 6.25. The molecule has 0 saturated heterocycles. The fourth-order valence-corrected chi connectivity index (χ4v) is 4.43. The third kappa shape index (κ3) is 3.03. The summed E-state index contributed by atoms with van der Waals surface area (Å²) >= 11 is 5.40. The van der Waals surface area contributed by atoms with Crippen LogP contribution in [0.1, 0.15) is 38.1 Å². The predicted molar refractivity (Wildman–Crippen MR) is 116 cm³/mol. The van der Waals surface area contributed by atoms with E-state index in [0.717, 1.165) is 4.47 Å². The lowest BCUT2D eigenvalue weighted by Gasteiger charge is -1.96. The molecule has 4 aromatic rings. The van der Waals surface area contributed by atoms with Gasteiger partial charge in [-0.3, -0.25) is 0 Å². The number of thiophene rings is 1. The lowest BCUT2D eigenvalue weighted by molar-refractivity contribution is 1.50. The molecular weight excluding hydrogens is 378 g/mol. The molecule has 0 amide bonds. The van der Waals surface area contributed by atoms with E-state index < -0.39 is 0 Å². The quantitative estimate of drug-likeness (QED) is 0.330. The smallest absolute Gasteiger partial charge is 0.0479 e. The van der Waals surface area contributed by atoms with Gasteiger partial charge in [0, 0.05) is 35.9 Å². The van der Waals surface area contributed by atoms with Gasteiger partial charge < -0.3 is 4.98 Å². The zero-order chi connectivity index (χ0) is 17.9. The van der Waals surface area contributed by atoms with Crippen LogP contribution in [0, 0.1) is 6.92 Å². The Bertz CT molecular complexity index is 992. The number of benzene rings is 2. The molecule has 0 unspecified atom stereocenters. The highest BCUT2D eigenvalue weighted by molar-refractivity contribution is 9.10. The van der Waals surface area contributed by atoms with Gasteiger partial charge in [0.15, 0.2) is 0 Å². The van der Waals surface area contributed by atoms with E-state index in [2.05, 4.69) is 64.7 Å². The minimum absolute atomic E-state index is 1.11. The summed E-state index contributed by atoms with van der Waals surface area (Å²) < 4.78 is 2.46. The number of nitrogens with one attached hydrogen (secondary N) is 1. The predicted octanol–water partition coefficient (Wildman–Crippen LogP) is 8.30. The Morgan fingerprint density at radius 1 is 1.00 bits per heavy atom. The van der Waals surface area contributed by atoms with Gasteiger partial charge in [0.1, 0.15) is 0 Å². The third-order valence-corrected chi connectivity index (χ3v) is 5.66. The van der Waals surface area contributed by atoms with Gasteiger partial charge in [-0.1, -0.05) is 62.3 Å². The van der Waals surface area contributed by atoms with Crippen LogP contribution in [0.4, 0.5) is 0 Å². The van der Waals surface area contributed by atoms with Crippen molar-refractivity contribution in [1.29, 1.82) is 0 Å². The molecule has 2 aromatic carbocycles. The number of hydrogen-bond donors (Lipinski definition) is 1. The number of aromatic amines is 1. The van der Waals surface area contributed by atoms with Crippen LogP contribution in [-0.4, -0.2) is 4.98 Å². The molecule has 1 nitrogen and oxygen atoms in total. The molecule has 24 heavy (non-hydrogen) atoms. The molecule has 2 aromatic heterocycles. The second kappa shape index (κ2) is 8.00. The highest BCUT2D eigenvalue weighted by Gasteiger charge is 2.13. The Hall–Kier alpha value is -1.58. The third-order valence-electron chi connectivity index (χ3n) is 3.85. The Labute approximate surface area is 156 Å². The van der Waals surface area contributed by atoms with E-state index in [1.54, 1.807) is 0 Å². The fraction of sp³-hybridized carbons (Fsp3) is 0.238. The van der Waals surface area contributed by atoms with Crippen LogP contribution < -0.4 is 0 Å². The second-order valence-corrected chi connectivity index (χ2v) is 6.94. The summed E-state index contributed by atoms with van der Waals surface area (Å²) in [6.07, 6.45) is 1.95. The number of halogens is 1. The Morgan fingerprint density at radius 3 is 2.33 bits per heavy atom. The average Bonchev–Trinajstić information content (AvgIpc) is 3.15. The van der Waals surface area contributed by atoms with Gasteiger partial charge in [0.2, 0.25) is 0 Å². The molecule has 0 saturated carbocycles. The Balaban J connectivity index is 0.000000487. The maximum absolute atomic E-state index is 3.93. The maximum Gasteiger partial charge on any atom is 0.0479 e. The van der Waals surface area contributed by atoms with E-state index in [1.165, 1.54) is 42.3 Å². The molecule has 0 bridgehead atoms. The maximum atomic E-state index is 3.93. The first kappa shape index (κ1) is 18.8. The van der Waals surface area contributed by atoms with Crippen molar-refractivity contribution in [3.05, 3.63) is 51.8 Å². The topological polar surface area (TPSA) is 15.8 Å². The van der Waals surface area contributed by atoms with Crippen LogP contribution >= 0.6 is 27.3 Å². The van der Waals surface area contributed by atoms with Crippen molar-refractivity contribution in [3.63, 3.8) is 0 Å². The molecule has 0 aliphatic rings. The summed E-state index contributed by atoms with van der Waals surface area (Å²) in [6, 6.07) is 10.8. The molecule has 0 fully saturated rings. The standard InChI is InChI=1S/C17H12BrNS.2C2H6/c1-3-15-9(2)11-5-7-14-16(17(11)20-15)12-8-10(18)4-6-13(12)19-14;2*1-2/h3-8,19H,1H2,2H3;2*1-2H3. The number of rotatable bonds is 1. The van der Waals surface area contributed by atoms with Crippen molar-refractivity contribution < 1.29 is 0 Å². The molecule has 0 aliphatic carbocycles. The van der Waals surface area contributed by atoms with Gasteiger partial charge in [0.05, 0.1) is 0 Å². The molecule has 0 aliphatic heterocycles. The van der Waals surface area contributed by atoms with E-state index in [4.69, 9.17) is 0 Å². The van der Waals surface area contributed by atoms with Crippen LogP contribution in [0.3, 0.4) is 0 Å². The van der Waals surface area contributed by atoms with Crippen molar-refractivity contribution in [2.45, 2.75) is 34.6 Å². The van der Waals surface area contributed by atoms with Crippen molar-refractivity contribution in [1.82, 2.24) is 4.98 Å². The van der Waals surface area contributed by atoms with E-state index in [0.29, 0.717) is 0 Å². The first-order valence-electron chi connectivity index (χ1n) is 8.44. The van der Waals surface area contributed by atoms with Gasteiger partial charge in [-0.2, -0.15) is 0 Å². The van der Waals surface area contributed by atoms with E-state index in [1.807, 2.05) is 45.1 Å². The normalized spacial score (nSPS) is 10.2. The summed E-state index contributed by atoms with van der Waals surface area (Å²) in [5.41, 5.74) is 3.70. The summed E-state index contributed by atoms with van der Waals surface area (Å²) in [4.78, 5) is 4.77. The van der Waals surface area contributed by atoms with Crippen LogP contribution in [0.25, 0.3) is 38.0 Å². The van der Waals surface area contributed by atoms with Gasteiger partial charge in [-0.25, -0.2) is 0 Å². The number of hydrogen-bond acceptors (Lipinski definition) is 1. The fourth-order valence-electron chi connectivity index (χ4n) is 2.85. The van der Waals surface area contributed by atoms with Gasteiger partial charge in [-0.15, -0.1) is 11.3 Å².